The van der Waals surface area contributed by atoms with E-state index in [0.29, 0.717) is 12.1 Å². The highest BCUT2D eigenvalue weighted by atomic mass is 35.5. The van der Waals surface area contributed by atoms with Gasteiger partial charge in [-0.2, -0.15) is 13.2 Å². The van der Waals surface area contributed by atoms with Gasteiger partial charge >= 0.3 is 6.18 Å². The van der Waals surface area contributed by atoms with Gasteiger partial charge in [-0.3, -0.25) is 9.59 Å². The van der Waals surface area contributed by atoms with E-state index in [9.17, 15) is 35.9 Å². The Morgan fingerprint density at radius 2 is 1.65 bits per heavy atom. The van der Waals surface area contributed by atoms with Gasteiger partial charge in [0.15, 0.2) is 11.6 Å². The maximum Gasteiger partial charge on any atom is 0.419 e. The van der Waals surface area contributed by atoms with Gasteiger partial charge in [-0.25, -0.2) is 13.2 Å². The summed E-state index contributed by atoms with van der Waals surface area (Å²) >= 11 is 18.6. The molecule has 0 radical (unpaired) electrons. The number of nitrogens with one attached hydrogen (secondary N) is 2. The zero-order chi connectivity index (χ0) is 29.6. The normalized spacial score (nSPS) is 17.9. The first-order chi connectivity index (χ1) is 18.7. The first-order valence-electron chi connectivity index (χ1n) is 11.8. The third kappa shape index (κ3) is 5.89. The fraction of sp³-hybridized carbons (Fsp3) is 0.259. The van der Waals surface area contributed by atoms with Crippen LogP contribution in [0.2, 0.25) is 5.02 Å². The lowest BCUT2D eigenvalue weighted by Crippen LogP contribution is -2.17. The number of hydrogen-bond donors (Lipinski definition) is 2. The van der Waals surface area contributed by atoms with E-state index >= 15 is 0 Å². The van der Waals surface area contributed by atoms with E-state index in [1.165, 1.54) is 18.2 Å². The van der Waals surface area contributed by atoms with Crippen LogP contribution in [-0.2, 0) is 17.4 Å². The molecule has 1 aliphatic rings. The number of hydrogen-bond acceptors (Lipinski definition) is 3. The van der Waals surface area contributed by atoms with Crippen LogP contribution in [0.3, 0.4) is 0 Å². The molecule has 1 amide bonds. The van der Waals surface area contributed by atoms with Crippen LogP contribution in [0.5, 0.6) is 0 Å². The second-order valence-electron chi connectivity index (χ2n) is 9.08. The summed E-state index contributed by atoms with van der Waals surface area (Å²) in [6.07, 6.45) is -5.43. The first kappa shape index (κ1) is 30.0. The summed E-state index contributed by atoms with van der Waals surface area (Å²) < 4.78 is 80.1. The van der Waals surface area contributed by atoms with Gasteiger partial charge < -0.3 is 10.6 Å². The number of carbonyl (C=O) groups excluding carboxylic acids is 2. The van der Waals surface area contributed by atoms with E-state index in [0.717, 1.165) is 18.2 Å². The van der Waals surface area contributed by atoms with Gasteiger partial charge in [-0.1, -0.05) is 23.7 Å². The van der Waals surface area contributed by atoms with Crippen LogP contribution >= 0.6 is 34.8 Å². The Kier molecular flexibility index (Phi) is 8.36. The summed E-state index contributed by atoms with van der Waals surface area (Å²) in [5, 5.41) is 5.06. The Balaban J connectivity index is 1.53. The number of benzene rings is 3. The van der Waals surface area contributed by atoms with Crippen molar-refractivity contribution in [2.75, 3.05) is 17.2 Å². The van der Waals surface area contributed by atoms with Crippen molar-refractivity contribution >= 4 is 57.9 Å². The highest BCUT2D eigenvalue weighted by Crippen LogP contribution is 2.65. The predicted molar refractivity (Wildman–Crippen MR) is 141 cm³/mol. The minimum Gasteiger partial charge on any atom is -0.381 e. The number of halogens is 9. The molecule has 1 saturated carbocycles. The van der Waals surface area contributed by atoms with Crippen LogP contribution in [0, 0.1) is 23.4 Å². The lowest BCUT2D eigenvalue weighted by Gasteiger charge is -2.12. The Bertz CT molecular complexity index is 1500. The van der Waals surface area contributed by atoms with Gasteiger partial charge in [-0.15, -0.1) is 23.2 Å². The fourth-order valence-electron chi connectivity index (χ4n) is 4.40. The quantitative estimate of drug-likeness (QED) is 0.151. The molecule has 1 aliphatic carbocycles. The molecular formula is C27H19Cl3F6N2O2. The number of rotatable bonds is 8. The minimum atomic E-state index is -4.97. The van der Waals surface area contributed by atoms with E-state index in [-0.39, 0.29) is 39.6 Å². The molecule has 0 aliphatic heterocycles. The molecule has 0 bridgehead atoms. The number of carbonyl (C=O) groups is 2. The number of anilines is 2. The smallest absolute Gasteiger partial charge is 0.381 e. The van der Waals surface area contributed by atoms with E-state index in [4.69, 9.17) is 34.8 Å². The van der Waals surface area contributed by atoms with Crippen LogP contribution in [0.1, 0.15) is 39.9 Å². The third-order valence-corrected chi connectivity index (χ3v) is 7.67. The summed E-state index contributed by atoms with van der Waals surface area (Å²) in [4.78, 5) is 25.9. The third-order valence-electron chi connectivity index (χ3n) is 6.40. The maximum atomic E-state index is 14.8. The van der Waals surface area contributed by atoms with Crippen molar-refractivity contribution < 1.29 is 35.9 Å². The predicted octanol–water partition coefficient (Wildman–Crippen LogP) is 8.16. The summed E-state index contributed by atoms with van der Waals surface area (Å²) in [5.74, 6) is -6.90. The van der Waals surface area contributed by atoms with E-state index < -0.39 is 63.5 Å². The van der Waals surface area contributed by atoms with Crippen molar-refractivity contribution in [2.45, 2.75) is 29.8 Å². The highest BCUT2D eigenvalue weighted by molar-refractivity contribution is 6.53. The monoisotopic (exact) mass is 622 g/mol. The molecule has 4 nitrogen and oxygen atoms in total. The topological polar surface area (TPSA) is 58.2 Å². The summed E-state index contributed by atoms with van der Waals surface area (Å²) in [7, 11) is 0. The van der Waals surface area contributed by atoms with Crippen molar-refractivity contribution in [1.82, 2.24) is 0 Å². The Morgan fingerprint density at radius 1 is 0.975 bits per heavy atom. The second kappa shape index (κ2) is 11.1. The standard InChI is InChI=1S/C27H19Cl3F6N2O2/c1-2-37-24-19(32)8-4-13(23(24)33)10-20(39)15-11-14(5-6-17(15)28)38-25(40)22-21(26(22,29)30)12-3-7-18(31)16(9-12)27(34,35)36/h3-9,11,21-22,37H,2,10H2,1H3,(H,38,40)/t21-,22+/m0/s1. The molecule has 3 aromatic rings. The largest absolute Gasteiger partial charge is 0.419 e. The molecule has 0 heterocycles. The Morgan fingerprint density at radius 3 is 2.30 bits per heavy atom. The van der Waals surface area contributed by atoms with Gasteiger partial charge in [0.2, 0.25) is 5.91 Å². The van der Waals surface area contributed by atoms with Crippen molar-refractivity contribution in [3.63, 3.8) is 0 Å². The number of alkyl halides is 5. The zero-order valence-corrected chi connectivity index (χ0v) is 22.7. The lowest BCUT2D eigenvalue weighted by molar-refractivity contribution is -0.140. The van der Waals surface area contributed by atoms with Crippen molar-refractivity contribution in [3.05, 3.63) is 93.3 Å². The average Bonchev–Trinajstić information content (AvgIpc) is 3.46. The lowest BCUT2D eigenvalue weighted by atomic mass is 10.0. The number of Topliss-reactive ketones (excluding diaryl/α,β-unsaturated/α-hetero) is 1. The molecule has 0 saturated heterocycles. The second-order valence-corrected chi connectivity index (χ2v) is 10.9. The number of amides is 1. The zero-order valence-electron chi connectivity index (χ0n) is 20.4. The minimum absolute atomic E-state index is 0.00301. The van der Waals surface area contributed by atoms with Crippen LogP contribution in [-0.4, -0.2) is 22.6 Å². The number of ketones is 1. The SMILES string of the molecule is CCNc1c(F)ccc(CC(=O)c2cc(NC(=O)[C@H]3[C@H](c4ccc(F)c(C(F)(F)F)c4)C3(Cl)Cl)ccc2Cl)c1F. The van der Waals surface area contributed by atoms with Gasteiger partial charge in [0, 0.05) is 30.1 Å². The molecule has 3 aromatic carbocycles. The first-order valence-corrected chi connectivity index (χ1v) is 12.9. The maximum absolute atomic E-state index is 14.8. The molecule has 2 N–H and O–H groups in total. The van der Waals surface area contributed by atoms with Crippen LogP contribution in [0.25, 0.3) is 0 Å². The summed E-state index contributed by atoms with van der Waals surface area (Å²) in [6.45, 7) is 1.90. The van der Waals surface area contributed by atoms with Gasteiger partial charge in [-0.05, 0) is 54.4 Å². The molecule has 40 heavy (non-hydrogen) atoms. The van der Waals surface area contributed by atoms with E-state index in [1.807, 2.05) is 0 Å². The fourth-order valence-corrected chi connectivity index (χ4v) is 5.45. The molecule has 0 unspecified atom stereocenters. The molecule has 1 fully saturated rings. The molecule has 13 heteroatoms. The molecule has 0 aromatic heterocycles. The summed E-state index contributed by atoms with van der Waals surface area (Å²) in [6, 6.07) is 8.31. The van der Waals surface area contributed by atoms with Crippen LogP contribution < -0.4 is 10.6 Å². The molecular weight excluding hydrogens is 605 g/mol. The Labute approximate surface area is 239 Å². The van der Waals surface area contributed by atoms with Crippen LogP contribution in [0.15, 0.2) is 48.5 Å². The molecule has 4 rings (SSSR count). The summed E-state index contributed by atoms with van der Waals surface area (Å²) in [5.41, 5.74) is -2.04. The Hall–Kier alpha value is -2.95. The van der Waals surface area contributed by atoms with Crippen LogP contribution in [0.4, 0.5) is 37.7 Å². The van der Waals surface area contributed by atoms with E-state index in [1.54, 1.807) is 6.92 Å². The van der Waals surface area contributed by atoms with Crippen molar-refractivity contribution in [1.29, 1.82) is 0 Å². The van der Waals surface area contributed by atoms with Gasteiger partial charge in [0.1, 0.15) is 21.7 Å². The molecule has 2 atom stereocenters. The average molecular weight is 624 g/mol. The molecule has 212 valence electrons. The van der Waals surface area contributed by atoms with E-state index in [2.05, 4.69) is 10.6 Å². The highest BCUT2D eigenvalue weighted by Gasteiger charge is 2.67. The van der Waals surface area contributed by atoms with Gasteiger partial charge in [0.05, 0.1) is 16.5 Å². The van der Waals surface area contributed by atoms with Gasteiger partial charge in [0.25, 0.3) is 0 Å². The van der Waals surface area contributed by atoms with Crippen molar-refractivity contribution in [3.8, 4) is 0 Å². The van der Waals surface area contributed by atoms with Crippen molar-refractivity contribution in [2.24, 2.45) is 5.92 Å². The molecule has 0 spiro atoms.